The highest BCUT2D eigenvalue weighted by atomic mass is 32.2. The van der Waals surface area contributed by atoms with Gasteiger partial charge in [-0.3, -0.25) is 4.79 Å². The van der Waals surface area contributed by atoms with Gasteiger partial charge in [-0.2, -0.15) is 0 Å². The first-order chi connectivity index (χ1) is 12.2. The van der Waals surface area contributed by atoms with Crippen molar-refractivity contribution in [3.05, 3.63) is 60.2 Å². The van der Waals surface area contributed by atoms with Crippen molar-refractivity contribution in [2.45, 2.75) is 30.8 Å². The van der Waals surface area contributed by atoms with Crippen molar-refractivity contribution in [2.24, 2.45) is 0 Å². The van der Waals surface area contributed by atoms with Gasteiger partial charge in [0.05, 0.1) is 4.90 Å². The van der Waals surface area contributed by atoms with E-state index in [9.17, 15) is 13.2 Å². The molecule has 140 valence electrons. The SMILES string of the molecule is C[C@H]([NH2+][C@H](C)C(=O)Nc1cccc(S(=O)(=O)N(C)C)c1)c1ccccc1. The van der Waals surface area contributed by atoms with E-state index in [0.29, 0.717) is 5.69 Å². The smallest absolute Gasteiger partial charge is 0.282 e. The summed E-state index contributed by atoms with van der Waals surface area (Å²) >= 11 is 0. The monoisotopic (exact) mass is 376 g/mol. The van der Waals surface area contributed by atoms with Crippen LogP contribution in [0.5, 0.6) is 0 Å². The number of nitrogens with two attached hydrogens (primary N) is 1. The van der Waals surface area contributed by atoms with Gasteiger partial charge in [-0.25, -0.2) is 12.7 Å². The maximum absolute atomic E-state index is 12.5. The molecule has 1 amide bonds. The second-order valence-electron chi connectivity index (χ2n) is 6.48. The summed E-state index contributed by atoms with van der Waals surface area (Å²) < 4.78 is 25.6. The lowest BCUT2D eigenvalue weighted by atomic mass is 10.1. The predicted molar refractivity (Wildman–Crippen MR) is 102 cm³/mol. The van der Waals surface area contributed by atoms with Gasteiger partial charge in [-0.1, -0.05) is 36.4 Å². The Morgan fingerprint density at radius 2 is 1.69 bits per heavy atom. The van der Waals surface area contributed by atoms with E-state index in [1.54, 1.807) is 12.1 Å². The van der Waals surface area contributed by atoms with E-state index in [0.717, 1.165) is 9.87 Å². The number of nitrogens with zero attached hydrogens (tertiary/aromatic N) is 1. The number of benzene rings is 2. The van der Waals surface area contributed by atoms with Crippen LogP contribution in [0.3, 0.4) is 0 Å². The lowest BCUT2D eigenvalue weighted by Crippen LogP contribution is -2.91. The molecule has 0 saturated carbocycles. The molecule has 6 nitrogen and oxygen atoms in total. The summed E-state index contributed by atoms with van der Waals surface area (Å²) in [5.41, 5.74) is 1.61. The van der Waals surface area contributed by atoms with E-state index in [1.807, 2.05) is 49.5 Å². The van der Waals surface area contributed by atoms with Gasteiger partial charge in [-0.05, 0) is 32.0 Å². The summed E-state index contributed by atoms with van der Waals surface area (Å²) in [6, 6.07) is 16.1. The van der Waals surface area contributed by atoms with Crippen molar-refractivity contribution >= 4 is 21.6 Å². The molecular formula is C19H26N3O3S+. The number of amides is 1. The van der Waals surface area contributed by atoms with Gasteiger partial charge in [-0.15, -0.1) is 0 Å². The molecule has 0 heterocycles. The molecule has 2 aromatic carbocycles. The topological polar surface area (TPSA) is 83.1 Å². The molecule has 26 heavy (non-hydrogen) atoms. The van der Waals surface area contributed by atoms with Crippen LogP contribution in [0.2, 0.25) is 0 Å². The molecule has 0 aromatic heterocycles. The molecule has 2 rings (SSSR count). The van der Waals surface area contributed by atoms with Crippen molar-refractivity contribution in [1.82, 2.24) is 4.31 Å². The Morgan fingerprint density at radius 3 is 2.31 bits per heavy atom. The third kappa shape index (κ3) is 4.91. The van der Waals surface area contributed by atoms with E-state index in [2.05, 4.69) is 5.32 Å². The molecular weight excluding hydrogens is 350 g/mol. The maximum atomic E-state index is 12.5. The van der Waals surface area contributed by atoms with E-state index < -0.39 is 10.0 Å². The van der Waals surface area contributed by atoms with E-state index in [4.69, 9.17) is 0 Å². The first-order valence-corrected chi connectivity index (χ1v) is 9.89. The molecule has 0 unspecified atom stereocenters. The van der Waals surface area contributed by atoms with Crippen molar-refractivity contribution in [2.75, 3.05) is 19.4 Å². The minimum atomic E-state index is -3.54. The molecule has 3 N–H and O–H groups in total. The van der Waals surface area contributed by atoms with Gasteiger partial charge in [0.2, 0.25) is 10.0 Å². The van der Waals surface area contributed by atoms with Crippen LogP contribution in [-0.2, 0) is 14.8 Å². The Kier molecular flexibility index (Phi) is 6.52. The summed E-state index contributed by atoms with van der Waals surface area (Å²) in [5.74, 6) is -0.174. The highest BCUT2D eigenvalue weighted by Crippen LogP contribution is 2.18. The highest BCUT2D eigenvalue weighted by molar-refractivity contribution is 7.89. The van der Waals surface area contributed by atoms with Crippen LogP contribution >= 0.6 is 0 Å². The van der Waals surface area contributed by atoms with Crippen molar-refractivity contribution in [3.8, 4) is 0 Å². The van der Waals surface area contributed by atoms with Gasteiger partial charge in [0.25, 0.3) is 5.91 Å². The van der Waals surface area contributed by atoms with E-state index in [1.165, 1.54) is 26.2 Å². The van der Waals surface area contributed by atoms with E-state index in [-0.39, 0.29) is 22.9 Å². The van der Waals surface area contributed by atoms with Gasteiger partial charge in [0.1, 0.15) is 6.04 Å². The van der Waals surface area contributed by atoms with Crippen molar-refractivity contribution in [3.63, 3.8) is 0 Å². The zero-order valence-electron chi connectivity index (χ0n) is 15.5. The first-order valence-electron chi connectivity index (χ1n) is 8.45. The normalized spacial score (nSPS) is 14.0. The molecule has 0 saturated heterocycles. The van der Waals surface area contributed by atoms with Gasteiger partial charge < -0.3 is 10.6 Å². The zero-order valence-corrected chi connectivity index (χ0v) is 16.3. The Morgan fingerprint density at radius 1 is 1.04 bits per heavy atom. The summed E-state index contributed by atoms with van der Waals surface area (Å²) in [6.07, 6.45) is 0. The Hall–Kier alpha value is -2.22. The predicted octanol–water partition coefficient (Wildman–Crippen LogP) is 1.59. The third-order valence-electron chi connectivity index (χ3n) is 4.20. The number of quaternary nitrogens is 1. The number of anilines is 1. The number of carbonyl (C=O) groups is 1. The average molecular weight is 377 g/mol. The molecule has 0 aliphatic rings. The maximum Gasteiger partial charge on any atom is 0.282 e. The molecule has 0 aliphatic carbocycles. The number of rotatable bonds is 7. The molecule has 2 aromatic rings. The molecule has 7 heteroatoms. The lowest BCUT2D eigenvalue weighted by Gasteiger charge is -2.17. The van der Waals surface area contributed by atoms with Gasteiger partial charge >= 0.3 is 0 Å². The summed E-state index contributed by atoms with van der Waals surface area (Å²) in [4.78, 5) is 12.6. The second kappa shape index (κ2) is 8.44. The number of sulfonamides is 1. The highest BCUT2D eigenvalue weighted by Gasteiger charge is 2.22. The van der Waals surface area contributed by atoms with Crippen molar-refractivity contribution < 1.29 is 18.5 Å². The summed E-state index contributed by atoms with van der Waals surface area (Å²) in [5, 5.41) is 4.77. The fourth-order valence-corrected chi connectivity index (χ4v) is 3.54. The largest absolute Gasteiger partial charge is 0.330 e. The summed E-state index contributed by atoms with van der Waals surface area (Å²) in [7, 11) is -0.587. The molecule has 0 fully saturated rings. The van der Waals surface area contributed by atoms with Crippen LogP contribution in [0.15, 0.2) is 59.5 Å². The number of hydrogen-bond donors (Lipinski definition) is 2. The molecule has 0 aliphatic heterocycles. The molecule has 0 radical (unpaired) electrons. The first kappa shape index (κ1) is 20.1. The lowest BCUT2D eigenvalue weighted by molar-refractivity contribution is -0.709. The summed E-state index contributed by atoms with van der Waals surface area (Å²) in [6.45, 7) is 3.87. The average Bonchev–Trinajstić information content (AvgIpc) is 2.62. The van der Waals surface area contributed by atoms with Gasteiger partial charge in [0, 0.05) is 25.3 Å². The van der Waals surface area contributed by atoms with Gasteiger partial charge in [0.15, 0.2) is 6.04 Å². The van der Waals surface area contributed by atoms with Crippen LogP contribution in [0.25, 0.3) is 0 Å². The van der Waals surface area contributed by atoms with E-state index >= 15 is 0 Å². The number of hydrogen-bond acceptors (Lipinski definition) is 3. The van der Waals surface area contributed by atoms with Crippen LogP contribution in [-0.4, -0.2) is 38.8 Å². The quantitative estimate of drug-likeness (QED) is 0.770. The zero-order chi connectivity index (χ0) is 19.3. The third-order valence-corrected chi connectivity index (χ3v) is 6.01. The Bertz CT molecular complexity index is 851. The second-order valence-corrected chi connectivity index (χ2v) is 8.64. The molecule has 0 bridgehead atoms. The molecule has 2 atom stereocenters. The van der Waals surface area contributed by atoms with Crippen LogP contribution in [0.4, 0.5) is 5.69 Å². The number of carbonyl (C=O) groups excluding carboxylic acids is 1. The fraction of sp³-hybridized carbons (Fsp3) is 0.316. The Labute approximate surface area is 155 Å². The van der Waals surface area contributed by atoms with Crippen LogP contribution in [0, 0.1) is 0 Å². The van der Waals surface area contributed by atoms with Crippen molar-refractivity contribution in [1.29, 1.82) is 0 Å². The number of nitrogens with one attached hydrogen (secondary N) is 1. The Balaban J connectivity index is 2.05. The minimum Gasteiger partial charge on any atom is -0.330 e. The van der Waals surface area contributed by atoms with Crippen LogP contribution < -0.4 is 10.6 Å². The standard InChI is InChI=1S/C19H25N3O3S/c1-14(16-9-6-5-7-10-16)20-15(2)19(23)21-17-11-8-12-18(13-17)26(24,25)22(3)4/h5-15,20H,1-4H3,(H,21,23)/p+1/t14-,15+/m0/s1. The fourth-order valence-electron chi connectivity index (χ4n) is 2.59. The minimum absolute atomic E-state index is 0.136. The molecule has 0 spiro atoms. The van der Waals surface area contributed by atoms with Crippen LogP contribution in [0.1, 0.15) is 25.5 Å².